The Balaban J connectivity index is 2.99. The third-order valence-electron chi connectivity index (χ3n) is 2.76. The highest BCUT2D eigenvalue weighted by Gasteiger charge is 2.12. The van der Waals surface area contributed by atoms with Crippen LogP contribution in [-0.2, 0) is 0 Å². The van der Waals surface area contributed by atoms with Gasteiger partial charge in [-0.2, -0.15) is 5.26 Å². The van der Waals surface area contributed by atoms with E-state index in [9.17, 15) is 5.11 Å². The summed E-state index contributed by atoms with van der Waals surface area (Å²) in [5.41, 5.74) is 3.49. The lowest BCUT2D eigenvalue weighted by Gasteiger charge is -2.16. The zero-order valence-corrected chi connectivity index (χ0v) is 9.54. The van der Waals surface area contributed by atoms with Crippen molar-refractivity contribution in [1.29, 1.82) is 5.26 Å². The minimum Gasteiger partial charge on any atom is -0.508 e. The Hall–Kier alpha value is -1.49. The number of phenols is 1. The first-order valence-electron chi connectivity index (χ1n) is 5.23. The molecule has 1 aromatic rings. The van der Waals surface area contributed by atoms with Gasteiger partial charge in [-0.3, -0.25) is 0 Å². The number of benzene rings is 1. The zero-order chi connectivity index (χ0) is 11.4. The third-order valence-corrected chi connectivity index (χ3v) is 2.76. The van der Waals surface area contributed by atoms with E-state index in [0.717, 1.165) is 17.5 Å². The van der Waals surface area contributed by atoms with Crippen LogP contribution in [0.25, 0.3) is 0 Å². The molecule has 0 aliphatic heterocycles. The van der Waals surface area contributed by atoms with Gasteiger partial charge >= 0.3 is 0 Å². The Morgan fingerprint density at radius 2 is 1.87 bits per heavy atom. The van der Waals surface area contributed by atoms with Crippen molar-refractivity contribution in [2.24, 2.45) is 0 Å². The summed E-state index contributed by atoms with van der Waals surface area (Å²) < 4.78 is 0. The second-order valence-corrected chi connectivity index (χ2v) is 4.09. The van der Waals surface area contributed by atoms with Gasteiger partial charge in [0.05, 0.1) is 6.07 Å². The molecule has 2 heteroatoms. The monoisotopic (exact) mass is 203 g/mol. The molecule has 80 valence electrons. The maximum Gasteiger partial charge on any atom is 0.116 e. The van der Waals surface area contributed by atoms with Gasteiger partial charge in [-0.15, -0.1) is 0 Å². The van der Waals surface area contributed by atoms with Crippen LogP contribution in [0, 0.1) is 25.2 Å². The summed E-state index contributed by atoms with van der Waals surface area (Å²) in [5, 5.41) is 18.0. The van der Waals surface area contributed by atoms with Gasteiger partial charge in [-0.25, -0.2) is 0 Å². The predicted octanol–water partition coefficient (Wildman–Crippen LogP) is 3.42. The first-order chi connectivity index (χ1) is 7.06. The lowest BCUT2D eigenvalue weighted by molar-refractivity contribution is 0.473. The van der Waals surface area contributed by atoms with Crippen LogP contribution in [0.2, 0.25) is 0 Å². The molecule has 0 bridgehead atoms. The van der Waals surface area contributed by atoms with E-state index >= 15 is 0 Å². The van der Waals surface area contributed by atoms with E-state index in [-0.39, 0.29) is 0 Å². The Labute approximate surface area is 91.2 Å². The van der Waals surface area contributed by atoms with Crippen LogP contribution < -0.4 is 0 Å². The fraction of sp³-hybridized carbons (Fsp3) is 0.462. The number of aryl methyl sites for hydroxylation is 2. The summed E-state index contributed by atoms with van der Waals surface area (Å²) in [6, 6.07) is 5.74. The van der Waals surface area contributed by atoms with E-state index in [4.69, 9.17) is 5.26 Å². The molecule has 0 saturated carbocycles. The van der Waals surface area contributed by atoms with Gasteiger partial charge in [-0.05, 0) is 55.0 Å². The van der Waals surface area contributed by atoms with E-state index in [0.29, 0.717) is 18.1 Å². The molecular weight excluding hydrogens is 186 g/mol. The Bertz CT molecular complexity index is 367. The van der Waals surface area contributed by atoms with E-state index in [1.807, 2.05) is 13.8 Å². The summed E-state index contributed by atoms with van der Waals surface area (Å²) in [6.45, 7) is 6.14. The normalized spacial score (nSPS) is 12.1. The minimum absolute atomic E-state index is 0.321. The molecule has 1 atom stereocenters. The number of hydrogen-bond acceptors (Lipinski definition) is 2. The fourth-order valence-electron chi connectivity index (χ4n) is 2.15. The standard InChI is InChI=1S/C13H17NO/c1-9(5-4-6-14)13-10(2)7-12(15)8-11(13)3/h7-9,15H,4-5H2,1-3H3. The van der Waals surface area contributed by atoms with Crippen LogP contribution in [0.15, 0.2) is 12.1 Å². The number of nitriles is 1. The zero-order valence-electron chi connectivity index (χ0n) is 9.54. The van der Waals surface area contributed by atoms with Gasteiger partial charge in [0.25, 0.3) is 0 Å². The second-order valence-electron chi connectivity index (χ2n) is 4.09. The molecule has 0 aliphatic carbocycles. The molecule has 1 rings (SSSR count). The van der Waals surface area contributed by atoms with Crippen LogP contribution in [0.5, 0.6) is 5.75 Å². The minimum atomic E-state index is 0.321. The smallest absolute Gasteiger partial charge is 0.116 e. The van der Waals surface area contributed by atoms with Crippen molar-refractivity contribution >= 4 is 0 Å². The molecule has 0 amide bonds. The number of nitrogens with zero attached hydrogens (tertiary/aromatic N) is 1. The third kappa shape index (κ3) is 2.73. The van der Waals surface area contributed by atoms with Crippen molar-refractivity contribution < 1.29 is 5.11 Å². The van der Waals surface area contributed by atoms with Crippen molar-refractivity contribution in [3.05, 3.63) is 28.8 Å². The van der Waals surface area contributed by atoms with Crippen molar-refractivity contribution in [3.63, 3.8) is 0 Å². The molecule has 0 radical (unpaired) electrons. The van der Waals surface area contributed by atoms with Crippen LogP contribution in [0.1, 0.15) is 42.4 Å². The first kappa shape index (κ1) is 11.6. The molecule has 0 saturated heterocycles. The highest BCUT2D eigenvalue weighted by atomic mass is 16.3. The number of phenolic OH excluding ortho intramolecular Hbond substituents is 1. The molecule has 1 aromatic carbocycles. The Morgan fingerprint density at radius 3 is 2.33 bits per heavy atom. The quantitative estimate of drug-likeness (QED) is 0.818. The van der Waals surface area contributed by atoms with Gasteiger partial charge in [0.2, 0.25) is 0 Å². The molecule has 0 aromatic heterocycles. The lowest BCUT2D eigenvalue weighted by atomic mass is 9.89. The molecule has 1 N–H and O–H groups in total. The summed E-state index contributed by atoms with van der Waals surface area (Å²) >= 11 is 0. The molecule has 0 heterocycles. The Kier molecular flexibility index (Phi) is 3.74. The van der Waals surface area contributed by atoms with Crippen molar-refractivity contribution in [3.8, 4) is 11.8 Å². The molecule has 15 heavy (non-hydrogen) atoms. The molecule has 0 fully saturated rings. The Morgan fingerprint density at radius 1 is 1.33 bits per heavy atom. The molecule has 0 aliphatic rings. The molecule has 0 spiro atoms. The van der Waals surface area contributed by atoms with E-state index in [1.54, 1.807) is 12.1 Å². The highest BCUT2D eigenvalue weighted by molar-refractivity contribution is 5.42. The number of hydrogen-bond donors (Lipinski definition) is 1. The van der Waals surface area contributed by atoms with Gasteiger partial charge in [0.15, 0.2) is 0 Å². The molecule has 2 nitrogen and oxygen atoms in total. The van der Waals surface area contributed by atoms with Crippen LogP contribution in [0.3, 0.4) is 0 Å². The van der Waals surface area contributed by atoms with Gasteiger partial charge < -0.3 is 5.11 Å². The predicted molar refractivity (Wildman–Crippen MR) is 60.8 cm³/mol. The lowest BCUT2D eigenvalue weighted by Crippen LogP contribution is -1.99. The summed E-state index contributed by atoms with van der Waals surface area (Å²) in [6.07, 6.45) is 1.46. The van der Waals surface area contributed by atoms with Crippen molar-refractivity contribution in [2.75, 3.05) is 0 Å². The second kappa shape index (κ2) is 4.84. The SMILES string of the molecule is Cc1cc(O)cc(C)c1C(C)CCC#N. The van der Waals surface area contributed by atoms with E-state index < -0.39 is 0 Å². The largest absolute Gasteiger partial charge is 0.508 e. The first-order valence-corrected chi connectivity index (χ1v) is 5.23. The molecular formula is C13H17NO. The summed E-state index contributed by atoms with van der Waals surface area (Å²) in [7, 11) is 0. The number of aromatic hydroxyl groups is 1. The topological polar surface area (TPSA) is 44.0 Å². The maximum atomic E-state index is 9.42. The highest BCUT2D eigenvalue weighted by Crippen LogP contribution is 2.29. The van der Waals surface area contributed by atoms with Crippen molar-refractivity contribution in [2.45, 2.75) is 39.5 Å². The maximum absolute atomic E-state index is 9.42. The average Bonchev–Trinajstić information content (AvgIpc) is 2.12. The van der Waals surface area contributed by atoms with Gasteiger partial charge in [0.1, 0.15) is 5.75 Å². The average molecular weight is 203 g/mol. The van der Waals surface area contributed by atoms with Crippen LogP contribution >= 0.6 is 0 Å². The summed E-state index contributed by atoms with van der Waals surface area (Å²) in [4.78, 5) is 0. The van der Waals surface area contributed by atoms with Gasteiger partial charge in [-0.1, -0.05) is 6.92 Å². The molecule has 1 unspecified atom stereocenters. The van der Waals surface area contributed by atoms with Gasteiger partial charge in [0, 0.05) is 6.42 Å². The summed E-state index contributed by atoms with van der Waals surface area (Å²) in [5.74, 6) is 0.700. The fourth-order valence-corrected chi connectivity index (χ4v) is 2.15. The van der Waals surface area contributed by atoms with E-state index in [2.05, 4.69) is 13.0 Å². The number of rotatable bonds is 3. The van der Waals surface area contributed by atoms with Crippen LogP contribution in [0.4, 0.5) is 0 Å². The van der Waals surface area contributed by atoms with Crippen molar-refractivity contribution in [1.82, 2.24) is 0 Å². The van der Waals surface area contributed by atoms with E-state index in [1.165, 1.54) is 5.56 Å². The van der Waals surface area contributed by atoms with Crippen LogP contribution in [-0.4, -0.2) is 5.11 Å².